The molecule has 1 heterocycles. The van der Waals surface area contributed by atoms with E-state index in [1.807, 2.05) is 0 Å². The minimum absolute atomic E-state index is 0.762. The van der Waals surface area contributed by atoms with Crippen LogP contribution in [0.5, 0.6) is 0 Å². The van der Waals surface area contributed by atoms with Gasteiger partial charge < -0.3 is 5.32 Å². The summed E-state index contributed by atoms with van der Waals surface area (Å²) in [5.41, 5.74) is -1.42. The number of benzene rings is 1. The number of anilines is 1. The van der Waals surface area contributed by atoms with Crippen molar-refractivity contribution in [3.05, 3.63) is 47.8 Å². The Morgan fingerprint density at radius 1 is 1.00 bits per heavy atom. The highest BCUT2D eigenvalue weighted by molar-refractivity contribution is 5.91. The Bertz CT molecular complexity index is 612. The number of imidazole rings is 1. The van der Waals surface area contributed by atoms with Gasteiger partial charge >= 0.3 is 6.03 Å². The predicted molar refractivity (Wildman–Crippen MR) is 52.9 cm³/mol. The third kappa shape index (κ3) is 2.14. The molecule has 0 atom stereocenters. The lowest BCUT2D eigenvalue weighted by Gasteiger charge is -2.09. The fourth-order valence-electron chi connectivity index (χ4n) is 1.27. The van der Waals surface area contributed by atoms with Gasteiger partial charge in [0.25, 0.3) is 0 Å². The van der Waals surface area contributed by atoms with Crippen molar-refractivity contribution in [2.45, 2.75) is 0 Å². The highest BCUT2D eigenvalue weighted by atomic mass is 19.2. The van der Waals surface area contributed by atoms with E-state index in [0.29, 0.717) is 0 Å². The second-order valence-electron chi connectivity index (χ2n) is 3.35. The molecule has 0 spiro atoms. The summed E-state index contributed by atoms with van der Waals surface area (Å²) in [7, 11) is 0. The lowest BCUT2D eigenvalue weighted by molar-refractivity contribution is 0.253. The topological polar surface area (TPSA) is 46.9 Å². The molecule has 0 fully saturated rings. The largest absolute Gasteiger partial charge is 0.331 e. The van der Waals surface area contributed by atoms with E-state index >= 15 is 0 Å². The average molecular weight is 277 g/mol. The first kappa shape index (κ1) is 13.0. The van der Waals surface area contributed by atoms with Crippen molar-refractivity contribution in [1.82, 2.24) is 9.55 Å². The van der Waals surface area contributed by atoms with Gasteiger partial charge in [-0.2, -0.15) is 0 Å². The average Bonchev–Trinajstić information content (AvgIpc) is 2.93. The van der Waals surface area contributed by atoms with E-state index in [0.717, 1.165) is 17.1 Å². The molecule has 0 aliphatic heterocycles. The van der Waals surface area contributed by atoms with Crippen LogP contribution in [0.2, 0.25) is 0 Å². The molecule has 1 aromatic carbocycles. The fourth-order valence-corrected chi connectivity index (χ4v) is 1.27. The summed E-state index contributed by atoms with van der Waals surface area (Å²) in [6.07, 6.45) is 3.31. The summed E-state index contributed by atoms with van der Waals surface area (Å²) in [5, 5.41) is 1.58. The summed E-state index contributed by atoms with van der Waals surface area (Å²) in [6.45, 7) is 0. The van der Waals surface area contributed by atoms with E-state index in [4.69, 9.17) is 0 Å². The van der Waals surface area contributed by atoms with Gasteiger partial charge in [0.2, 0.25) is 5.82 Å². The Labute approximate surface area is 102 Å². The highest BCUT2D eigenvalue weighted by Crippen LogP contribution is 2.27. The highest BCUT2D eigenvalue weighted by Gasteiger charge is 2.26. The van der Waals surface area contributed by atoms with Gasteiger partial charge in [-0.05, 0) is 0 Å². The second kappa shape index (κ2) is 4.67. The first-order valence-electron chi connectivity index (χ1n) is 4.74. The van der Waals surface area contributed by atoms with Gasteiger partial charge in [-0.25, -0.2) is 31.7 Å². The number of amides is 1. The number of carbonyl (C=O) groups excluding carboxylic acids is 1. The zero-order chi connectivity index (χ0) is 14.2. The van der Waals surface area contributed by atoms with E-state index in [-0.39, 0.29) is 0 Å². The Hall–Kier alpha value is -2.45. The molecule has 0 aliphatic rings. The number of hydrogen-bond acceptors (Lipinski definition) is 2. The van der Waals surface area contributed by atoms with Crippen LogP contribution >= 0.6 is 0 Å². The Morgan fingerprint density at radius 3 is 2.00 bits per heavy atom. The second-order valence-corrected chi connectivity index (χ2v) is 3.35. The van der Waals surface area contributed by atoms with Gasteiger partial charge in [0.1, 0.15) is 12.0 Å². The molecule has 4 nitrogen and oxygen atoms in total. The summed E-state index contributed by atoms with van der Waals surface area (Å²) >= 11 is 0. The van der Waals surface area contributed by atoms with Crippen LogP contribution in [-0.4, -0.2) is 15.6 Å². The fraction of sp³-hybridized carbons (Fsp3) is 0. The molecule has 2 rings (SSSR count). The van der Waals surface area contributed by atoms with Crippen molar-refractivity contribution in [3.63, 3.8) is 0 Å². The Balaban J connectivity index is 2.44. The lowest BCUT2D eigenvalue weighted by atomic mass is 10.2. The quantitative estimate of drug-likeness (QED) is 0.495. The number of hydrogen-bond donors (Lipinski definition) is 1. The molecular weight excluding hydrogens is 273 g/mol. The molecule has 0 bridgehead atoms. The molecule has 0 saturated heterocycles. The monoisotopic (exact) mass is 277 g/mol. The van der Waals surface area contributed by atoms with E-state index in [2.05, 4.69) is 4.98 Å². The third-order valence-electron chi connectivity index (χ3n) is 2.18. The normalized spacial score (nSPS) is 10.6. The zero-order valence-electron chi connectivity index (χ0n) is 8.92. The summed E-state index contributed by atoms with van der Waals surface area (Å²) < 4.78 is 65.7. The molecule has 0 radical (unpaired) electrons. The molecule has 0 unspecified atom stereocenters. The first-order valence-corrected chi connectivity index (χ1v) is 4.74. The first-order chi connectivity index (χ1) is 8.93. The molecule has 0 aliphatic carbocycles. The van der Waals surface area contributed by atoms with E-state index in [1.165, 1.54) is 6.20 Å². The number of rotatable bonds is 1. The van der Waals surface area contributed by atoms with Crippen LogP contribution < -0.4 is 5.32 Å². The summed E-state index contributed by atoms with van der Waals surface area (Å²) in [4.78, 5) is 14.9. The van der Waals surface area contributed by atoms with Crippen molar-refractivity contribution in [3.8, 4) is 0 Å². The van der Waals surface area contributed by atoms with Crippen LogP contribution in [0.15, 0.2) is 18.7 Å². The molecule has 2 aromatic rings. The summed E-state index contributed by atoms with van der Waals surface area (Å²) in [6, 6.07) is -1.12. The van der Waals surface area contributed by atoms with Crippen molar-refractivity contribution in [1.29, 1.82) is 0 Å². The smallest absolute Gasteiger partial charge is 0.302 e. The number of carbonyl (C=O) groups is 1. The molecule has 1 aromatic heterocycles. The Morgan fingerprint density at radius 2 is 1.53 bits per heavy atom. The molecule has 9 heteroatoms. The SMILES string of the molecule is O=C(Nc1c(F)c(F)c(F)c(F)c1F)n1ccnc1. The maximum absolute atomic E-state index is 13.2. The van der Waals surface area contributed by atoms with Gasteiger partial charge in [0.15, 0.2) is 23.3 Å². The molecule has 0 saturated carbocycles. The minimum Gasteiger partial charge on any atom is -0.302 e. The van der Waals surface area contributed by atoms with Crippen LogP contribution in [0.25, 0.3) is 0 Å². The minimum atomic E-state index is -2.30. The van der Waals surface area contributed by atoms with Crippen LogP contribution in [-0.2, 0) is 0 Å². The number of nitrogens with zero attached hydrogens (tertiary/aromatic N) is 2. The van der Waals surface area contributed by atoms with E-state index in [9.17, 15) is 26.7 Å². The van der Waals surface area contributed by atoms with Crippen LogP contribution in [0, 0.1) is 29.1 Å². The van der Waals surface area contributed by atoms with Crippen LogP contribution in [0.3, 0.4) is 0 Å². The molecule has 100 valence electrons. The number of aromatic nitrogens is 2. The molecule has 1 amide bonds. The van der Waals surface area contributed by atoms with E-state index in [1.54, 1.807) is 5.32 Å². The number of nitrogens with one attached hydrogen (secondary N) is 1. The van der Waals surface area contributed by atoms with Gasteiger partial charge in [-0.3, -0.25) is 4.57 Å². The lowest BCUT2D eigenvalue weighted by Crippen LogP contribution is -2.21. The van der Waals surface area contributed by atoms with Gasteiger partial charge in [-0.1, -0.05) is 0 Å². The maximum atomic E-state index is 13.2. The zero-order valence-corrected chi connectivity index (χ0v) is 8.92. The molecule has 1 N–H and O–H groups in total. The van der Waals surface area contributed by atoms with Gasteiger partial charge in [0, 0.05) is 12.4 Å². The van der Waals surface area contributed by atoms with Crippen LogP contribution in [0.4, 0.5) is 32.4 Å². The van der Waals surface area contributed by atoms with Crippen molar-refractivity contribution >= 4 is 11.7 Å². The maximum Gasteiger partial charge on any atom is 0.331 e. The van der Waals surface area contributed by atoms with Crippen molar-refractivity contribution < 1.29 is 26.7 Å². The third-order valence-corrected chi connectivity index (χ3v) is 2.18. The predicted octanol–water partition coefficient (Wildman–Crippen LogP) is 2.66. The Kier molecular flexibility index (Phi) is 3.19. The van der Waals surface area contributed by atoms with Gasteiger partial charge in [-0.15, -0.1) is 0 Å². The molecular formula is C10H4F5N3O. The summed E-state index contributed by atoms with van der Waals surface area (Å²) in [5.74, 6) is -10.8. The standard InChI is InChI=1S/C10H4F5N3O/c11-4-5(12)7(14)9(8(15)6(4)13)17-10(19)18-2-1-16-3-18/h1-3H,(H,17,19). The van der Waals surface area contributed by atoms with Gasteiger partial charge in [0.05, 0.1) is 0 Å². The van der Waals surface area contributed by atoms with Crippen molar-refractivity contribution in [2.24, 2.45) is 0 Å². The number of halogens is 5. The van der Waals surface area contributed by atoms with E-state index < -0.39 is 40.8 Å². The van der Waals surface area contributed by atoms with Crippen molar-refractivity contribution in [2.75, 3.05) is 5.32 Å². The van der Waals surface area contributed by atoms with Crippen LogP contribution in [0.1, 0.15) is 0 Å². The molecule has 19 heavy (non-hydrogen) atoms.